The van der Waals surface area contributed by atoms with Crippen LogP contribution >= 0.6 is 0 Å². The number of rotatable bonds is 8. The van der Waals surface area contributed by atoms with Crippen molar-refractivity contribution in [1.82, 2.24) is 10.2 Å². The molecule has 0 fully saturated rings. The number of carbonyl (C=O) groups excluding carboxylic acids is 2. The maximum absolute atomic E-state index is 13.8. The fraction of sp³-hybridized carbons (Fsp3) is 0.357. The summed E-state index contributed by atoms with van der Waals surface area (Å²) < 4.78 is 72.5. The third kappa shape index (κ3) is 7.65. The highest BCUT2D eigenvalue weighted by molar-refractivity contribution is 7.91. The van der Waals surface area contributed by atoms with Gasteiger partial charge >= 0.3 is 12.1 Å². The van der Waals surface area contributed by atoms with Crippen molar-refractivity contribution in [3.63, 3.8) is 0 Å². The Labute approximate surface area is 231 Å². The number of halogens is 3. The number of ether oxygens (including phenoxy) is 1. The molecule has 1 amide bonds. The van der Waals surface area contributed by atoms with Gasteiger partial charge in [0.25, 0.3) is 5.91 Å². The predicted octanol–water partition coefficient (Wildman–Crippen LogP) is 5.64. The molecule has 1 heterocycles. The van der Waals surface area contributed by atoms with Gasteiger partial charge in [0.15, 0.2) is 9.84 Å². The van der Waals surface area contributed by atoms with Crippen LogP contribution in [0, 0.1) is 6.92 Å². The van der Waals surface area contributed by atoms with Crippen LogP contribution in [0.3, 0.4) is 0 Å². The van der Waals surface area contributed by atoms with Gasteiger partial charge in [-0.05, 0) is 63.4 Å². The fourth-order valence-corrected chi connectivity index (χ4v) is 5.32. The lowest BCUT2D eigenvalue weighted by Gasteiger charge is -2.22. The molecule has 0 saturated heterocycles. The van der Waals surface area contributed by atoms with Crippen LogP contribution in [0.25, 0.3) is 11.1 Å². The van der Waals surface area contributed by atoms with E-state index in [1.54, 1.807) is 32.9 Å². The van der Waals surface area contributed by atoms with E-state index in [1.165, 1.54) is 19.4 Å². The molecule has 1 aromatic heterocycles. The maximum Gasteiger partial charge on any atom is 0.416 e. The van der Waals surface area contributed by atoms with Crippen molar-refractivity contribution < 1.29 is 35.9 Å². The molecule has 0 radical (unpaired) electrons. The van der Waals surface area contributed by atoms with E-state index in [0.717, 1.165) is 22.1 Å². The van der Waals surface area contributed by atoms with Crippen LogP contribution in [0.2, 0.25) is 0 Å². The molecule has 8 nitrogen and oxygen atoms in total. The van der Waals surface area contributed by atoms with Crippen LogP contribution in [0.5, 0.6) is 0 Å². The fourth-order valence-electron chi connectivity index (χ4n) is 3.95. The zero-order chi connectivity index (χ0) is 29.9. The first kappa shape index (κ1) is 30.7. The maximum atomic E-state index is 13.8. The lowest BCUT2D eigenvalue weighted by Crippen LogP contribution is -2.28. The van der Waals surface area contributed by atoms with Crippen molar-refractivity contribution in [1.29, 1.82) is 0 Å². The van der Waals surface area contributed by atoms with Gasteiger partial charge < -0.3 is 9.64 Å². The SMILES string of the molecule is Cc1ccccc1-c1cnncc1N(C)C(=O)c1cc(C(F)(F)F)cc(S(=O)(=O)CCCC(=O)OC(C)(C)C)c1. The van der Waals surface area contributed by atoms with Crippen LogP contribution in [-0.4, -0.2) is 48.9 Å². The van der Waals surface area contributed by atoms with Gasteiger partial charge in [-0.1, -0.05) is 24.3 Å². The summed E-state index contributed by atoms with van der Waals surface area (Å²) in [7, 11) is -2.93. The molecule has 214 valence electrons. The zero-order valence-electron chi connectivity index (χ0n) is 22.7. The molecular formula is C28H30F3N3O5S. The quantitative estimate of drug-likeness (QED) is 0.319. The third-order valence-corrected chi connectivity index (χ3v) is 7.64. The second kappa shape index (κ2) is 11.7. The number of benzene rings is 2. The standard InChI is InChI=1S/C28H30F3N3O5S/c1-18-9-6-7-10-22(18)23-16-32-33-17-24(23)34(5)26(36)19-13-20(28(29,30)31)15-21(14-19)40(37,38)12-8-11-25(35)39-27(2,3)4/h6-7,9-10,13-17H,8,11-12H2,1-5H3. The summed E-state index contributed by atoms with van der Waals surface area (Å²) in [4.78, 5) is 25.8. The molecule has 0 aliphatic heterocycles. The van der Waals surface area contributed by atoms with Gasteiger partial charge in [-0.25, -0.2) is 8.42 Å². The van der Waals surface area contributed by atoms with Gasteiger partial charge in [-0.3, -0.25) is 9.59 Å². The van der Waals surface area contributed by atoms with E-state index in [-0.39, 0.29) is 18.5 Å². The number of aromatic nitrogens is 2. The number of hydrogen-bond donors (Lipinski definition) is 0. The van der Waals surface area contributed by atoms with E-state index in [9.17, 15) is 31.2 Å². The molecule has 3 aromatic rings. The van der Waals surface area contributed by atoms with Crippen molar-refractivity contribution in [2.75, 3.05) is 17.7 Å². The highest BCUT2D eigenvalue weighted by Gasteiger charge is 2.34. The Morgan fingerprint density at radius 3 is 2.25 bits per heavy atom. The Morgan fingerprint density at radius 1 is 0.975 bits per heavy atom. The Kier molecular flexibility index (Phi) is 9.03. The van der Waals surface area contributed by atoms with Gasteiger partial charge in [0, 0.05) is 24.6 Å². The molecular weight excluding hydrogens is 547 g/mol. The summed E-state index contributed by atoms with van der Waals surface area (Å²) in [6.07, 6.45) is -2.57. The molecule has 40 heavy (non-hydrogen) atoms. The summed E-state index contributed by atoms with van der Waals surface area (Å²) in [6.45, 7) is 6.83. The van der Waals surface area contributed by atoms with Crippen molar-refractivity contribution >= 4 is 27.4 Å². The minimum atomic E-state index is -4.92. The van der Waals surface area contributed by atoms with Crippen molar-refractivity contribution in [3.8, 4) is 11.1 Å². The van der Waals surface area contributed by atoms with Crippen molar-refractivity contribution in [3.05, 3.63) is 71.5 Å². The van der Waals surface area contributed by atoms with Gasteiger partial charge in [0.05, 0.1) is 34.3 Å². The van der Waals surface area contributed by atoms with Gasteiger partial charge in [-0.15, -0.1) is 0 Å². The summed E-state index contributed by atoms with van der Waals surface area (Å²) in [5.74, 6) is -2.11. The van der Waals surface area contributed by atoms with Crippen molar-refractivity contribution in [2.24, 2.45) is 0 Å². The average molecular weight is 578 g/mol. The highest BCUT2D eigenvalue weighted by atomic mass is 32.2. The number of amides is 1. The van der Waals surface area contributed by atoms with Crippen molar-refractivity contribution in [2.45, 2.75) is 57.2 Å². The normalized spacial score (nSPS) is 12.2. The first-order chi connectivity index (χ1) is 18.5. The number of hydrogen-bond acceptors (Lipinski definition) is 7. The molecule has 0 unspecified atom stereocenters. The second-order valence-electron chi connectivity index (χ2n) is 10.2. The molecule has 0 atom stereocenters. The Hall–Kier alpha value is -3.80. The molecule has 0 aliphatic carbocycles. The smallest absolute Gasteiger partial charge is 0.416 e. The van der Waals surface area contributed by atoms with Crippen LogP contribution in [-0.2, 0) is 25.5 Å². The number of aryl methyl sites for hydroxylation is 1. The van der Waals surface area contributed by atoms with Crippen LogP contribution in [0.4, 0.5) is 18.9 Å². The van der Waals surface area contributed by atoms with E-state index in [2.05, 4.69) is 10.2 Å². The molecule has 0 N–H and O–H groups in total. The van der Waals surface area contributed by atoms with Crippen LogP contribution in [0.15, 0.2) is 59.8 Å². The van der Waals surface area contributed by atoms with Gasteiger partial charge in [0.1, 0.15) is 5.60 Å². The minimum Gasteiger partial charge on any atom is -0.460 e. The van der Waals surface area contributed by atoms with Crippen LogP contribution < -0.4 is 4.90 Å². The second-order valence-corrected chi connectivity index (χ2v) is 12.3. The molecule has 0 bridgehead atoms. The largest absolute Gasteiger partial charge is 0.460 e. The Bertz CT molecular complexity index is 1520. The molecule has 2 aromatic carbocycles. The summed E-state index contributed by atoms with van der Waals surface area (Å²) in [5, 5.41) is 7.71. The highest BCUT2D eigenvalue weighted by Crippen LogP contribution is 2.35. The molecule has 0 spiro atoms. The zero-order valence-corrected chi connectivity index (χ0v) is 23.6. The van der Waals surface area contributed by atoms with E-state index in [4.69, 9.17) is 4.74 Å². The van der Waals surface area contributed by atoms with E-state index in [0.29, 0.717) is 17.7 Å². The molecule has 12 heteroatoms. The topological polar surface area (TPSA) is 107 Å². The number of carbonyl (C=O) groups is 2. The lowest BCUT2D eigenvalue weighted by atomic mass is 10.0. The average Bonchev–Trinajstić information content (AvgIpc) is 2.86. The first-order valence-electron chi connectivity index (χ1n) is 12.3. The van der Waals surface area contributed by atoms with E-state index < -0.39 is 55.3 Å². The van der Waals surface area contributed by atoms with Gasteiger partial charge in [-0.2, -0.15) is 23.4 Å². The number of alkyl halides is 3. The number of nitrogens with zero attached hydrogens (tertiary/aromatic N) is 3. The Balaban J connectivity index is 1.96. The monoisotopic (exact) mass is 577 g/mol. The lowest BCUT2D eigenvalue weighted by molar-refractivity contribution is -0.154. The predicted molar refractivity (Wildman–Crippen MR) is 144 cm³/mol. The number of anilines is 1. The first-order valence-corrected chi connectivity index (χ1v) is 14.0. The third-order valence-electron chi connectivity index (χ3n) is 5.86. The Morgan fingerprint density at radius 2 is 1.62 bits per heavy atom. The van der Waals surface area contributed by atoms with Crippen LogP contribution in [0.1, 0.15) is 55.1 Å². The molecule has 0 aliphatic rings. The van der Waals surface area contributed by atoms with E-state index >= 15 is 0 Å². The molecule has 0 saturated carbocycles. The summed E-state index contributed by atoms with van der Waals surface area (Å²) >= 11 is 0. The van der Waals surface area contributed by atoms with Gasteiger partial charge in [0.2, 0.25) is 0 Å². The minimum absolute atomic E-state index is 0.168. The summed E-state index contributed by atoms with van der Waals surface area (Å²) in [5.41, 5.74) is -0.123. The number of sulfone groups is 1. The summed E-state index contributed by atoms with van der Waals surface area (Å²) in [6, 6.07) is 9.31. The number of esters is 1. The molecule has 3 rings (SSSR count). The van der Waals surface area contributed by atoms with E-state index in [1.807, 2.05) is 19.1 Å².